The average molecular weight is 233 g/mol. The van der Waals surface area contributed by atoms with Gasteiger partial charge in [0.15, 0.2) is 0 Å². The first-order valence-corrected chi connectivity index (χ1v) is 5.57. The fourth-order valence-corrected chi connectivity index (χ4v) is 1.53. The molecule has 7 nitrogen and oxygen atoms in total. The summed E-state index contributed by atoms with van der Waals surface area (Å²) in [4.78, 5) is 8.35. The molecule has 0 aromatic carbocycles. The van der Waals surface area contributed by atoms with Gasteiger partial charge in [0.1, 0.15) is 11.5 Å². The number of unbranched alkanes of at least 4 members (excludes halogenated alkanes) is 1. The van der Waals surface area contributed by atoms with E-state index >= 15 is 0 Å². The van der Waals surface area contributed by atoms with Gasteiger partial charge in [0.2, 0.25) is 5.82 Å². The van der Waals surface area contributed by atoms with Gasteiger partial charge in [0.25, 0.3) is 0 Å². The fourth-order valence-electron chi connectivity index (χ4n) is 1.53. The van der Waals surface area contributed by atoms with E-state index in [0.29, 0.717) is 18.2 Å². The van der Waals surface area contributed by atoms with Crippen LogP contribution >= 0.6 is 0 Å². The van der Waals surface area contributed by atoms with Gasteiger partial charge in [-0.1, -0.05) is 0 Å². The van der Waals surface area contributed by atoms with Gasteiger partial charge < -0.3 is 5.73 Å². The zero-order valence-corrected chi connectivity index (χ0v) is 9.74. The van der Waals surface area contributed by atoms with Gasteiger partial charge >= 0.3 is 0 Å². The Kier molecular flexibility index (Phi) is 3.71. The van der Waals surface area contributed by atoms with Crippen LogP contribution in [0.5, 0.6) is 0 Å². The molecule has 0 aliphatic rings. The van der Waals surface area contributed by atoms with E-state index in [1.54, 1.807) is 16.9 Å². The van der Waals surface area contributed by atoms with Crippen molar-refractivity contribution in [3.63, 3.8) is 0 Å². The molecule has 0 bridgehead atoms. The quantitative estimate of drug-likeness (QED) is 0.740. The minimum absolute atomic E-state index is 0.674. The summed E-state index contributed by atoms with van der Waals surface area (Å²) in [6, 6.07) is 1.80. The summed E-state index contributed by atoms with van der Waals surface area (Å²) in [5.41, 5.74) is 6.20. The Bertz CT molecular complexity index is 479. The van der Waals surface area contributed by atoms with E-state index in [1.165, 1.54) is 0 Å². The average Bonchev–Trinajstić information content (AvgIpc) is 2.78. The summed E-state index contributed by atoms with van der Waals surface area (Å²) >= 11 is 0. The molecule has 17 heavy (non-hydrogen) atoms. The monoisotopic (exact) mass is 233 g/mol. The van der Waals surface area contributed by atoms with Crippen molar-refractivity contribution in [1.29, 1.82) is 0 Å². The zero-order chi connectivity index (χ0) is 12.1. The van der Waals surface area contributed by atoms with Gasteiger partial charge in [0.05, 0.1) is 0 Å². The van der Waals surface area contributed by atoms with E-state index < -0.39 is 0 Å². The van der Waals surface area contributed by atoms with E-state index in [-0.39, 0.29) is 0 Å². The van der Waals surface area contributed by atoms with Crippen LogP contribution in [0.25, 0.3) is 11.5 Å². The SMILES string of the molecule is Cc1nccc(-c2nnnn2CCCCN)n1. The standard InChI is InChI=1S/C10H15N7/c1-8-12-6-4-9(13-8)10-14-15-16-17(10)7-3-2-5-11/h4,6H,2-3,5,7,11H2,1H3. The molecule has 0 atom stereocenters. The maximum Gasteiger partial charge on any atom is 0.200 e. The molecule has 0 fully saturated rings. The van der Waals surface area contributed by atoms with E-state index in [4.69, 9.17) is 5.73 Å². The van der Waals surface area contributed by atoms with E-state index in [9.17, 15) is 0 Å². The molecule has 0 saturated heterocycles. The Morgan fingerprint density at radius 2 is 2.24 bits per heavy atom. The Labute approximate surface area is 99.1 Å². The smallest absolute Gasteiger partial charge is 0.200 e. The highest BCUT2D eigenvalue weighted by Gasteiger charge is 2.09. The number of nitrogens with two attached hydrogens (primary N) is 1. The second-order valence-electron chi connectivity index (χ2n) is 3.71. The van der Waals surface area contributed by atoms with Crippen molar-refractivity contribution < 1.29 is 0 Å². The zero-order valence-electron chi connectivity index (χ0n) is 9.74. The normalized spacial score (nSPS) is 10.7. The third kappa shape index (κ3) is 2.82. The largest absolute Gasteiger partial charge is 0.330 e. The Hall–Kier alpha value is -1.89. The Morgan fingerprint density at radius 1 is 1.35 bits per heavy atom. The maximum absolute atomic E-state index is 5.46. The van der Waals surface area contributed by atoms with Gasteiger partial charge in [-0.3, -0.25) is 0 Å². The maximum atomic E-state index is 5.46. The number of rotatable bonds is 5. The predicted molar refractivity (Wildman–Crippen MR) is 61.9 cm³/mol. The minimum atomic E-state index is 0.674. The summed E-state index contributed by atoms with van der Waals surface area (Å²) in [6.07, 6.45) is 3.62. The molecule has 0 aliphatic carbocycles. The first-order chi connectivity index (χ1) is 8.31. The lowest BCUT2D eigenvalue weighted by Crippen LogP contribution is -2.07. The van der Waals surface area contributed by atoms with Crippen molar-refractivity contribution in [2.24, 2.45) is 5.73 Å². The molecule has 2 aromatic heterocycles. The molecule has 0 unspecified atom stereocenters. The van der Waals surface area contributed by atoms with Crippen LogP contribution in [0.1, 0.15) is 18.7 Å². The lowest BCUT2D eigenvalue weighted by molar-refractivity contribution is 0.548. The number of tetrazole rings is 1. The Morgan fingerprint density at radius 3 is 3.00 bits per heavy atom. The third-order valence-corrected chi connectivity index (χ3v) is 2.36. The number of nitrogens with zero attached hydrogens (tertiary/aromatic N) is 6. The molecule has 0 amide bonds. The number of aromatic nitrogens is 6. The lowest BCUT2D eigenvalue weighted by atomic mass is 10.3. The number of hydrogen-bond donors (Lipinski definition) is 1. The van der Waals surface area contributed by atoms with E-state index in [2.05, 4.69) is 25.5 Å². The molecule has 90 valence electrons. The second kappa shape index (κ2) is 5.44. The van der Waals surface area contributed by atoms with Crippen molar-refractivity contribution in [3.8, 4) is 11.5 Å². The molecular weight excluding hydrogens is 218 g/mol. The highest BCUT2D eigenvalue weighted by atomic mass is 15.5. The summed E-state index contributed by atoms with van der Waals surface area (Å²) < 4.78 is 1.75. The van der Waals surface area contributed by atoms with Crippen LogP contribution < -0.4 is 5.73 Å². The van der Waals surface area contributed by atoms with Crippen LogP contribution in [0.4, 0.5) is 0 Å². The van der Waals surface area contributed by atoms with Crippen molar-refractivity contribution in [3.05, 3.63) is 18.1 Å². The van der Waals surface area contributed by atoms with Crippen LogP contribution in [0.3, 0.4) is 0 Å². The summed E-state index contributed by atoms with van der Waals surface area (Å²) in [7, 11) is 0. The van der Waals surface area contributed by atoms with Gasteiger partial charge in [-0.25, -0.2) is 14.6 Å². The molecule has 0 spiro atoms. The van der Waals surface area contributed by atoms with Crippen LogP contribution in [-0.4, -0.2) is 36.7 Å². The highest BCUT2D eigenvalue weighted by Crippen LogP contribution is 2.12. The molecule has 2 aromatic rings. The molecule has 7 heteroatoms. The molecular formula is C10H15N7. The van der Waals surface area contributed by atoms with Gasteiger partial charge in [0, 0.05) is 12.7 Å². The highest BCUT2D eigenvalue weighted by molar-refractivity contribution is 5.47. The van der Waals surface area contributed by atoms with Gasteiger partial charge in [-0.05, 0) is 42.8 Å². The summed E-state index contributed by atoms with van der Waals surface area (Å²) in [5.74, 6) is 1.38. The lowest BCUT2D eigenvalue weighted by Gasteiger charge is -2.03. The molecule has 2 rings (SSSR count). The molecule has 0 saturated carbocycles. The van der Waals surface area contributed by atoms with Crippen LogP contribution in [0, 0.1) is 6.92 Å². The van der Waals surface area contributed by atoms with Crippen LogP contribution in [0.15, 0.2) is 12.3 Å². The molecule has 2 heterocycles. The second-order valence-corrected chi connectivity index (χ2v) is 3.71. The Balaban J connectivity index is 2.18. The summed E-state index contributed by atoms with van der Waals surface area (Å²) in [6.45, 7) is 3.28. The van der Waals surface area contributed by atoms with E-state index in [1.807, 2.05) is 6.92 Å². The predicted octanol–water partition coefficient (Wildman–Crippen LogP) is 0.177. The van der Waals surface area contributed by atoms with Gasteiger partial charge in [-0.2, -0.15) is 0 Å². The number of aryl methyl sites for hydroxylation is 2. The number of hydrogen-bond acceptors (Lipinski definition) is 6. The first kappa shape index (κ1) is 11.6. The van der Waals surface area contributed by atoms with E-state index in [0.717, 1.165) is 25.1 Å². The topological polar surface area (TPSA) is 95.4 Å². The van der Waals surface area contributed by atoms with Crippen LogP contribution in [-0.2, 0) is 6.54 Å². The van der Waals surface area contributed by atoms with Crippen LogP contribution in [0.2, 0.25) is 0 Å². The molecule has 2 N–H and O–H groups in total. The first-order valence-electron chi connectivity index (χ1n) is 5.57. The van der Waals surface area contributed by atoms with Crippen molar-refractivity contribution >= 4 is 0 Å². The molecule has 0 aliphatic heterocycles. The minimum Gasteiger partial charge on any atom is -0.330 e. The molecule has 0 radical (unpaired) electrons. The van der Waals surface area contributed by atoms with Crippen molar-refractivity contribution in [2.45, 2.75) is 26.3 Å². The summed E-state index contributed by atoms with van der Waals surface area (Å²) in [5, 5.41) is 11.6. The fraction of sp³-hybridized carbons (Fsp3) is 0.500. The van der Waals surface area contributed by atoms with Gasteiger partial charge in [-0.15, -0.1) is 5.10 Å². The van der Waals surface area contributed by atoms with Crippen molar-refractivity contribution in [2.75, 3.05) is 6.54 Å². The third-order valence-electron chi connectivity index (χ3n) is 2.36. The van der Waals surface area contributed by atoms with Crippen molar-refractivity contribution in [1.82, 2.24) is 30.2 Å².